The van der Waals surface area contributed by atoms with Crippen molar-refractivity contribution in [2.45, 2.75) is 51.2 Å². The Morgan fingerprint density at radius 3 is 2.07 bits per heavy atom. The Bertz CT molecular complexity index is 677. The van der Waals surface area contributed by atoms with E-state index in [0.717, 1.165) is 0 Å². The van der Waals surface area contributed by atoms with Crippen LogP contribution in [0, 0.1) is 0 Å². The third-order valence-electron chi connectivity index (χ3n) is 4.04. The van der Waals surface area contributed by atoms with E-state index in [4.69, 9.17) is 4.74 Å². The molecular weight excluding hydrogens is 390 g/mol. The van der Waals surface area contributed by atoms with Gasteiger partial charge in [0.1, 0.15) is 5.60 Å². The highest BCUT2D eigenvalue weighted by Gasteiger charge is 2.37. The Morgan fingerprint density at radius 1 is 1.07 bits per heavy atom. The first-order valence-electron chi connectivity index (χ1n) is 8.65. The second kappa shape index (κ2) is 7.81. The van der Waals surface area contributed by atoms with E-state index in [1.165, 1.54) is 4.90 Å². The normalized spacial score (nSPS) is 18.9. The molecule has 28 heavy (non-hydrogen) atoms. The summed E-state index contributed by atoms with van der Waals surface area (Å²) >= 11 is 0. The average Bonchev–Trinajstić information content (AvgIpc) is 2.51. The molecule has 0 spiro atoms. The molecule has 1 saturated heterocycles. The minimum Gasteiger partial charge on any atom is -0.444 e. The molecule has 0 bridgehead atoms. The van der Waals surface area contributed by atoms with Crippen molar-refractivity contribution in [2.75, 3.05) is 19.6 Å². The average molecular weight is 412 g/mol. The Labute approximate surface area is 158 Å². The summed E-state index contributed by atoms with van der Waals surface area (Å²) < 4.78 is 83.2. The van der Waals surface area contributed by atoms with Gasteiger partial charge in [0.05, 0.1) is 11.1 Å². The van der Waals surface area contributed by atoms with Gasteiger partial charge in [-0.05, 0) is 51.0 Å². The first-order valence-corrected chi connectivity index (χ1v) is 8.65. The zero-order valence-corrected chi connectivity index (χ0v) is 15.7. The summed E-state index contributed by atoms with van der Waals surface area (Å²) in [7, 11) is 0. The molecule has 0 aliphatic carbocycles. The minimum absolute atomic E-state index is 0.0910. The fourth-order valence-electron chi connectivity index (χ4n) is 2.88. The third-order valence-corrected chi connectivity index (χ3v) is 4.04. The number of ether oxygens (including phenoxy) is 1. The maximum atomic E-state index is 13.0. The van der Waals surface area contributed by atoms with Crippen LogP contribution in [0.5, 0.6) is 0 Å². The number of carbonyl (C=O) groups is 1. The molecule has 1 aliphatic rings. The molecule has 4 nitrogen and oxygen atoms in total. The second-order valence-electron chi connectivity index (χ2n) is 7.70. The Kier molecular flexibility index (Phi) is 6.22. The first kappa shape index (κ1) is 22.3. The van der Waals surface area contributed by atoms with Gasteiger partial charge in [-0.2, -0.15) is 26.3 Å². The van der Waals surface area contributed by atoms with E-state index in [2.05, 4.69) is 5.32 Å². The lowest BCUT2D eigenvalue weighted by molar-refractivity contribution is -0.143. The van der Waals surface area contributed by atoms with Crippen LogP contribution in [0.3, 0.4) is 0 Å². The predicted molar refractivity (Wildman–Crippen MR) is 89.7 cm³/mol. The molecule has 0 radical (unpaired) electrons. The van der Waals surface area contributed by atoms with Crippen molar-refractivity contribution in [2.24, 2.45) is 0 Å². The van der Waals surface area contributed by atoms with Crippen LogP contribution in [0.15, 0.2) is 18.2 Å². The Balaban J connectivity index is 2.19. The molecule has 1 amide bonds. The van der Waals surface area contributed by atoms with Crippen LogP contribution in [0.4, 0.5) is 31.1 Å². The van der Waals surface area contributed by atoms with E-state index >= 15 is 0 Å². The lowest BCUT2D eigenvalue weighted by atomic mass is 9.98. The van der Waals surface area contributed by atoms with Crippen LogP contribution in [-0.2, 0) is 23.5 Å². The van der Waals surface area contributed by atoms with E-state index in [9.17, 15) is 31.1 Å². The first-order chi connectivity index (χ1) is 12.6. The SMILES string of the molecule is CC(C)(C)OC(=O)N1CCNC(Cc2cc(C(F)(F)F)cc(C(F)(F)F)c2)C1. The smallest absolute Gasteiger partial charge is 0.416 e. The number of nitrogens with one attached hydrogen (secondary N) is 1. The summed E-state index contributed by atoms with van der Waals surface area (Å²) in [4.78, 5) is 13.6. The molecule has 0 aromatic heterocycles. The highest BCUT2D eigenvalue weighted by molar-refractivity contribution is 5.68. The Morgan fingerprint density at radius 2 is 1.61 bits per heavy atom. The molecule has 1 N–H and O–H groups in total. The molecular formula is C18H22F6N2O2. The lowest BCUT2D eigenvalue weighted by Gasteiger charge is -2.35. The van der Waals surface area contributed by atoms with Crippen LogP contribution >= 0.6 is 0 Å². The number of amides is 1. The monoisotopic (exact) mass is 412 g/mol. The number of alkyl halides is 6. The molecule has 1 heterocycles. The summed E-state index contributed by atoms with van der Waals surface area (Å²) in [5.41, 5.74) is -3.51. The van der Waals surface area contributed by atoms with Crippen molar-refractivity contribution in [3.63, 3.8) is 0 Å². The standard InChI is InChI=1S/C18H22F6N2O2/c1-16(2,3)28-15(27)26-5-4-25-14(10-26)8-11-6-12(17(19,20)21)9-13(7-11)18(22,23)24/h6-7,9,14,25H,4-5,8,10H2,1-3H3. The van der Waals surface area contributed by atoms with E-state index in [1.807, 2.05) is 0 Å². The van der Waals surface area contributed by atoms with E-state index in [0.29, 0.717) is 25.2 Å². The van der Waals surface area contributed by atoms with Gasteiger partial charge < -0.3 is 15.0 Å². The van der Waals surface area contributed by atoms with E-state index in [-0.39, 0.29) is 24.6 Å². The molecule has 1 atom stereocenters. The highest BCUT2D eigenvalue weighted by Crippen LogP contribution is 2.36. The Hall–Kier alpha value is -1.97. The topological polar surface area (TPSA) is 41.6 Å². The maximum absolute atomic E-state index is 13.0. The van der Waals surface area contributed by atoms with Crippen LogP contribution in [0.25, 0.3) is 0 Å². The number of rotatable bonds is 2. The van der Waals surface area contributed by atoms with Crippen LogP contribution < -0.4 is 5.32 Å². The van der Waals surface area contributed by atoms with Gasteiger partial charge in [-0.15, -0.1) is 0 Å². The number of piperazine rings is 1. The van der Waals surface area contributed by atoms with Gasteiger partial charge in [0, 0.05) is 25.7 Å². The van der Waals surface area contributed by atoms with Gasteiger partial charge in [0.15, 0.2) is 0 Å². The van der Waals surface area contributed by atoms with E-state index < -0.39 is 41.2 Å². The number of hydrogen-bond donors (Lipinski definition) is 1. The largest absolute Gasteiger partial charge is 0.444 e. The van der Waals surface area contributed by atoms with Crippen LogP contribution in [0.1, 0.15) is 37.5 Å². The van der Waals surface area contributed by atoms with Crippen LogP contribution in [0.2, 0.25) is 0 Å². The summed E-state index contributed by atoms with van der Waals surface area (Å²) in [6.45, 7) is 5.91. The van der Waals surface area contributed by atoms with Gasteiger partial charge in [0.2, 0.25) is 0 Å². The number of nitrogens with zero attached hydrogens (tertiary/aromatic N) is 1. The van der Waals surface area contributed by atoms with Gasteiger partial charge in [-0.25, -0.2) is 4.79 Å². The lowest BCUT2D eigenvalue weighted by Crippen LogP contribution is -2.54. The molecule has 1 aromatic rings. The van der Waals surface area contributed by atoms with Crippen molar-refractivity contribution in [1.82, 2.24) is 10.2 Å². The van der Waals surface area contributed by atoms with Crippen molar-refractivity contribution < 1.29 is 35.9 Å². The molecule has 1 aliphatic heterocycles. The van der Waals surface area contributed by atoms with E-state index in [1.54, 1.807) is 20.8 Å². The number of halogens is 6. The number of carbonyl (C=O) groups excluding carboxylic acids is 1. The van der Waals surface area contributed by atoms with Crippen molar-refractivity contribution in [3.05, 3.63) is 34.9 Å². The number of benzene rings is 1. The summed E-state index contributed by atoms with van der Waals surface area (Å²) in [6, 6.07) is 1.03. The predicted octanol–water partition coefficient (Wildman–Crippen LogP) is 4.48. The van der Waals surface area contributed by atoms with Crippen molar-refractivity contribution in [3.8, 4) is 0 Å². The van der Waals surface area contributed by atoms with Gasteiger partial charge in [-0.1, -0.05) is 0 Å². The fourth-order valence-corrected chi connectivity index (χ4v) is 2.88. The summed E-state index contributed by atoms with van der Waals surface area (Å²) in [5.74, 6) is 0. The minimum atomic E-state index is -4.89. The zero-order chi connectivity index (χ0) is 21.3. The summed E-state index contributed by atoms with van der Waals surface area (Å²) in [6.07, 6.45) is -10.4. The summed E-state index contributed by atoms with van der Waals surface area (Å²) in [5, 5.41) is 3.02. The quantitative estimate of drug-likeness (QED) is 0.729. The zero-order valence-electron chi connectivity index (χ0n) is 15.7. The molecule has 2 rings (SSSR count). The molecule has 0 saturated carbocycles. The second-order valence-corrected chi connectivity index (χ2v) is 7.70. The molecule has 158 valence electrons. The molecule has 1 aromatic carbocycles. The van der Waals surface area contributed by atoms with Gasteiger partial charge >= 0.3 is 18.4 Å². The molecule has 10 heteroatoms. The van der Waals surface area contributed by atoms with Crippen molar-refractivity contribution >= 4 is 6.09 Å². The van der Waals surface area contributed by atoms with Gasteiger partial charge in [0.25, 0.3) is 0 Å². The fraction of sp³-hybridized carbons (Fsp3) is 0.611. The van der Waals surface area contributed by atoms with Crippen LogP contribution in [-0.4, -0.2) is 42.3 Å². The highest BCUT2D eigenvalue weighted by atomic mass is 19.4. The maximum Gasteiger partial charge on any atom is 0.416 e. The van der Waals surface area contributed by atoms with Gasteiger partial charge in [-0.3, -0.25) is 0 Å². The molecule has 1 unspecified atom stereocenters. The third kappa shape index (κ3) is 6.29. The number of hydrogen-bond acceptors (Lipinski definition) is 3. The van der Waals surface area contributed by atoms with Crippen molar-refractivity contribution in [1.29, 1.82) is 0 Å². The molecule has 1 fully saturated rings.